The lowest BCUT2D eigenvalue weighted by Gasteiger charge is -2.29. The van der Waals surface area contributed by atoms with Crippen molar-refractivity contribution >= 4 is 39.5 Å². The zero-order chi connectivity index (χ0) is 21.1. The topological polar surface area (TPSA) is 49.4 Å². The summed E-state index contributed by atoms with van der Waals surface area (Å²) in [5.41, 5.74) is 2.19. The molecule has 2 amide bonds. The Balaban J connectivity index is 2.02. The van der Waals surface area contributed by atoms with Crippen LogP contribution in [0.15, 0.2) is 59.1 Å². The van der Waals surface area contributed by atoms with Gasteiger partial charge < -0.3 is 10.2 Å². The molecule has 0 unspecified atom stereocenters. The quantitative estimate of drug-likeness (QED) is 0.463. The van der Waals surface area contributed by atoms with Crippen molar-refractivity contribution in [2.45, 2.75) is 45.0 Å². The van der Waals surface area contributed by atoms with Crippen LogP contribution in [0.25, 0.3) is 0 Å². The van der Waals surface area contributed by atoms with Gasteiger partial charge in [0.2, 0.25) is 11.8 Å². The fraction of sp³-hybridized carbons (Fsp3) is 0.391. The third-order valence-corrected chi connectivity index (χ3v) is 6.12. The van der Waals surface area contributed by atoms with Gasteiger partial charge in [-0.3, -0.25) is 9.59 Å². The number of benzene rings is 2. The molecule has 29 heavy (non-hydrogen) atoms. The van der Waals surface area contributed by atoms with Crippen LogP contribution in [-0.4, -0.2) is 35.1 Å². The van der Waals surface area contributed by atoms with Crippen molar-refractivity contribution in [2.75, 3.05) is 12.3 Å². The Morgan fingerprint density at radius 2 is 1.76 bits per heavy atom. The van der Waals surface area contributed by atoms with E-state index in [0.29, 0.717) is 18.8 Å². The first-order valence-electron chi connectivity index (χ1n) is 9.94. The lowest BCUT2D eigenvalue weighted by Crippen LogP contribution is -2.48. The molecule has 0 aliphatic carbocycles. The molecule has 0 radical (unpaired) electrons. The summed E-state index contributed by atoms with van der Waals surface area (Å²) in [5, 5.41) is 2.95. The zero-order valence-corrected chi connectivity index (χ0v) is 19.5. The number of unbranched alkanes of at least 4 members (excludes halogenated alkanes) is 1. The van der Waals surface area contributed by atoms with Gasteiger partial charge in [-0.15, -0.1) is 11.8 Å². The second kappa shape index (κ2) is 12.7. The third-order valence-electron chi connectivity index (χ3n) is 4.60. The number of carbonyl (C=O) groups excluding carboxylic acids is 2. The number of nitrogens with zero attached hydrogens (tertiary/aromatic N) is 1. The number of carbonyl (C=O) groups is 2. The van der Waals surface area contributed by atoms with Crippen LogP contribution in [0.2, 0.25) is 0 Å². The summed E-state index contributed by atoms with van der Waals surface area (Å²) in [5.74, 6) is 0.998. The molecule has 0 aliphatic heterocycles. The Bertz CT molecular complexity index is 768. The molecule has 2 rings (SSSR count). The van der Waals surface area contributed by atoms with Gasteiger partial charge in [-0.25, -0.2) is 0 Å². The fourth-order valence-corrected chi connectivity index (χ4v) is 3.95. The third kappa shape index (κ3) is 8.23. The number of amides is 2. The fourth-order valence-electron chi connectivity index (χ4n) is 2.82. The average Bonchev–Trinajstić information content (AvgIpc) is 2.73. The summed E-state index contributed by atoms with van der Waals surface area (Å²) >= 11 is 5.01. The van der Waals surface area contributed by atoms with Crippen molar-refractivity contribution in [2.24, 2.45) is 0 Å². The van der Waals surface area contributed by atoms with Gasteiger partial charge in [0.05, 0.1) is 5.75 Å². The molecule has 0 bridgehead atoms. The Labute approximate surface area is 186 Å². The Kier molecular flexibility index (Phi) is 10.3. The summed E-state index contributed by atoms with van der Waals surface area (Å²) in [7, 11) is 0. The molecule has 0 heterocycles. The van der Waals surface area contributed by atoms with E-state index in [4.69, 9.17) is 0 Å². The van der Waals surface area contributed by atoms with Crippen LogP contribution in [-0.2, 0) is 21.9 Å². The molecule has 1 N–H and O–H groups in total. The van der Waals surface area contributed by atoms with Gasteiger partial charge in [-0.2, -0.15) is 0 Å². The van der Waals surface area contributed by atoms with E-state index in [9.17, 15) is 9.59 Å². The SMILES string of the molecule is CCCCNC(=O)[C@H](C)N(Cc1ccc(Br)cc1)C(=O)CSCc1ccccc1. The normalized spacial score (nSPS) is 11.7. The van der Waals surface area contributed by atoms with Crippen LogP contribution in [0.5, 0.6) is 0 Å². The van der Waals surface area contributed by atoms with Gasteiger partial charge in [0.15, 0.2) is 0 Å². The van der Waals surface area contributed by atoms with E-state index in [2.05, 4.69) is 40.3 Å². The molecule has 2 aromatic rings. The summed E-state index contributed by atoms with van der Waals surface area (Å²) < 4.78 is 0.989. The first-order valence-corrected chi connectivity index (χ1v) is 11.9. The minimum Gasteiger partial charge on any atom is -0.354 e. The largest absolute Gasteiger partial charge is 0.354 e. The van der Waals surface area contributed by atoms with E-state index in [1.807, 2.05) is 42.5 Å². The molecule has 0 aromatic heterocycles. The lowest BCUT2D eigenvalue weighted by molar-refractivity contribution is -0.138. The number of hydrogen-bond acceptors (Lipinski definition) is 3. The number of nitrogens with one attached hydrogen (secondary N) is 1. The Morgan fingerprint density at radius 3 is 2.41 bits per heavy atom. The first-order chi connectivity index (χ1) is 14.0. The minimum atomic E-state index is -0.514. The maximum atomic E-state index is 13.0. The van der Waals surface area contributed by atoms with Crippen LogP contribution in [0, 0.1) is 0 Å². The molecule has 156 valence electrons. The maximum Gasteiger partial charge on any atom is 0.242 e. The standard InChI is InChI=1S/C23H29BrN2O2S/c1-3-4-14-25-23(28)18(2)26(15-19-10-12-21(24)13-11-19)22(27)17-29-16-20-8-6-5-7-9-20/h5-13,18H,3-4,14-17H2,1-2H3,(H,25,28)/t18-/m0/s1. The van der Waals surface area contributed by atoms with E-state index in [1.54, 1.807) is 23.6 Å². The molecule has 0 fully saturated rings. The van der Waals surface area contributed by atoms with Crippen molar-refractivity contribution in [1.82, 2.24) is 10.2 Å². The molecule has 6 heteroatoms. The van der Waals surface area contributed by atoms with Crippen LogP contribution >= 0.6 is 27.7 Å². The molecule has 0 aliphatic rings. The maximum absolute atomic E-state index is 13.0. The van der Waals surface area contributed by atoms with Gasteiger partial charge in [-0.05, 0) is 36.6 Å². The molecule has 0 saturated carbocycles. The predicted molar refractivity (Wildman–Crippen MR) is 125 cm³/mol. The van der Waals surface area contributed by atoms with Crippen LogP contribution in [0.3, 0.4) is 0 Å². The van der Waals surface area contributed by atoms with Crippen molar-refractivity contribution in [3.63, 3.8) is 0 Å². The molecular weight excluding hydrogens is 448 g/mol. The van der Waals surface area contributed by atoms with Crippen LogP contribution in [0.4, 0.5) is 0 Å². The molecule has 1 atom stereocenters. The first kappa shape index (κ1) is 23.5. The van der Waals surface area contributed by atoms with Gasteiger partial charge in [0.25, 0.3) is 0 Å². The zero-order valence-electron chi connectivity index (χ0n) is 17.1. The highest BCUT2D eigenvalue weighted by molar-refractivity contribution is 9.10. The second-order valence-electron chi connectivity index (χ2n) is 6.95. The van der Waals surface area contributed by atoms with Crippen LogP contribution in [0.1, 0.15) is 37.8 Å². The van der Waals surface area contributed by atoms with Crippen molar-refractivity contribution in [1.29, 1.82) is 0 Å². The Morgan fingerprint density at radius 1 is 1.07 bits per heavy atom. The second-order valence-corrected chi connectivity index (χ2v) is 8.85. The van der Waals surface area contributed by atoms with Gasteiger partial charge >= 0.3 is 0 Å². The molecule has 0 saturated heterocycles. The summed E-state index contributed by atoms with van der Waals surface area (Å²) in [6, 6.07) is 17.4. The number of halogens is 1. The monoisotopic (exact) mass is 476 g/mol. The highest BCUT2D eigenvalue weighted by Gasteiger charge is 2.25. The van der Waals surface area contributed by atoms with E-state index < -0.39 is 6.04 Å². The van der Waals surface area contributed by atoms with Gasteiger partial charge in [0.1, 0.15) is 6.04 Å². The number of hydrogen-bond donors (Lipinski definition) is 1. The highest BCUT2D eigenvalue weighted by atomic mass is 79.9. The molecule has 0 spiro atoms. The lowest BCUT2D eigenvalue weighted by atomic mass is 10.1. The van der Waals surface area contributed by atoms with E-state index in [0.717, 1.165) is 28.6 Å². The van der Waals surface area contributed by atoms with Crippen molar-refractivity contribution in [3.05, 3.63) is 70.2 Å². The molecule has 4 nitrogen and oxygen atoms in total. The summed E-state index contributed by atoms with van der Waals surface area (Å²) in [4.78, 5) is 27.3. The van der Waals surface area contributed by atoms with Crippen molar-refractivity contribution < 1.29 is 9.59 Å². The highest BCUT2D eigenvalue weighted by Crippen LogP contribution is 2.17. The molecule has 2 aromatic carbocycles. The molecular formula is C23H29BrN2O2S. The smallest absolute Gasteiger partial charge is 0.242 e. The Hall–Kier alpha value is -1.79. The summed E-state index contributed by atoms with van der Waals surface area (Å²) in [6.07, 6.45) is 1.96. The number of rotatable bonds is 11. The van der Waals surface area contributed by atoms with Gasteiger partial charge in [0, 0.05) is 23.3 Å². The van der Waals surface area contributed by atoms with E-state index in [-0.39, 0.29) is 11.8 Å². The van der Waals surface area contributed by atoms with Crippen molar-refractivity contribution in [3.8, 4) is 0 Å². The van der Waals surface area contributed by atoms with Crippen LogP contribution < -0.4 is 5.32 Å². The predicted octanol–water partition coefficient (Wildman–Crippen LogP) is 5.02. The minimum absolute atomic E-state index is 0.0213. The average molecular weight is 477 g/mol. The van der Waals surface area contributed by atoms with E-state index >= 15 is 0 Å². The number of thioether (sulfide) groups is 1. The summed E-state index contributed by atoms with van der Waals surface area (Å²) in [6.45, 7) is 4.95. The van der Waals surface area contributed by atoms with E-state index in [1.165, 1.54) is 5.56 Å². The van der Waals surface area contributed by atoms with Gasteiger partial charge in [-0.1, -0.05) is 71.7 Å².